The summed E-state index contributed by atoms with van der Waals surface area (Å²) in [6.45, 7) is 4.45. The number of carbonyl (C=O) groups excluding carboxylic acids is 1. The lowest BCUT2D eigenvalue weighted by molar-refractivity contribution is -0.193. The third-order valence-corrected chi connectivity index (χ3v) is 6.34. The summed E-state index contributed by atoms with van der Waals surface area (Å²) in [5.41, 5.74) is 1.02. The Morgan fingerprint density at radius 3 is 2.28 bits per heavy atom. The molecule has 16 heteroatoms. The number of rotatable bonds is 4. The lowest BCUT2D eigenvalue weighted by atomic mass is 9.89. The molecule has 0 radical (unpaired) electrons. The third-order valence-electron chi connectivity index (χ3n) is 6.34. The van der Waals surface area contributed by atoms with E-state index in [0.717, 1.165) is 70.5 Å². The molecule has 10 nitrogen and oxygen atoms in total. The van der Waals surface area contributed by atoms with Crippen molar-refractivity contribution in [2.24, 2.45) is 0 Å². The molecular formula is C23H29F6N3O7. The van der Waals surface area contributed by atoms with Gasteiger partial charge in [0.05, 0.1) is 12.7 Å². The number of carbonyl (C=O) groups is 3. The van der Waals surface area contributed by atoms with Gasteiger partial charge in [-0.1, -0.05) is 6.07 Å². The van der Waals surface area contributed by atoms with Crippen molar-refractivity contribution in [2.45, 2.75) is 62.6 Å². The van der Waals surface area contributed by atoms with Gasteiger partial charge in [-0.05, 0) is 31.7 Å². The molecule has 3 fully saturated rings. The number of carboxylic acid groups (broad SMARTS) is 2. The van der Waals surface area contributed by atoms with Gasteiger partial charge in [0.15, 0.2) is 0 Å². The first-order valence-electron chi connectivity index (χ1n) is 11.8. The molecule has 1 aromatic heterocycles. The van der Waals surface area contributed by atoms with Crippen molar-refractivity contribution >= 4 is 17.8 Å². The van der Waals surface area contributed by atoms with E-state index < -0.39 is 24.3 Å². The summed E-state index contributed by atoms with van der Waals surface area (Å²) in [5, 5.41) is 14.2. The minimum absolute atomic E-state index is 0.0960. The normalized spacial score (nSPS) is 23.5. The third kappa shape index (κ3) is 9.53. The number of amides is 1. The fourth-order valence-corrected chi connectivity index (χ4v) is 4.64. The van der Waals surface area contributed by atoms with Crippen LogP contribution in [-0.4, -0.2) is 100 Å². The van der Waals surface area contributed by atoms with Crippen LogP contribution in [0.25, 0.3) is 0 Å². The molecular weight excluding hydrogens is 544 g/mol. The Morgan fingerprint density at radius 1 is 1.15 bits per heavy atom. The fraction of sp³-hybridized carbons (Fsp3) is 0.652. The predicted octanol–water partition coefficient (Wildman–Crippen LogP) is 3.10. The SMILES string of the molecule is COc1ncccc1CN1CC[C@@]2(C[C@@H](N3CCCC3=O)CCO2)C1.O=C(O)C(F)(F)F.O=C(O)C(F)(F)F. The number of halogens is 6. The van der Waals surface area contributed by atoms with Crippen LogP contribution in [0.5, 0.6) is 5.88 Å². The van der Waals surface area contributed by atoms with Crippen LogP contribution < -0.4 is 4.74 Å². The number of aliphatic carboxylic acids is 2. The van der Waals surface area contributed by atoms with E-state index in [4.69, 9.17) is 29.3 Å². The molecule has 0 aromatic carbocycles. The average molecular weight is 573 g/mol. The molecule has 3 aliphatic rings. The summed E-state index contributed by atoms with van der Waals surface area (Å²) in [7, 11) is 1.67. The number of hydrogen-bond acceptors (Lipinski definition) is 7. The van der Waals surface area contributed by atoms with Gasteiger partial charge in [-0.3, -0.25) is 9.69 Å². The van der Waals surface area contributed by atoms with Crippen LogP contribution in [0.15, 0.2) is 18.3 Å². The molecule has 4 heterocycles. The predicted molar refractivity (Wildman–Crippen MR) is 121 cm³/mol. The summed E-state index contributed by atoms with van der Waals surface area (Å²) >= 11 is 0. The zero-order chi connectivity index (χ0) is 29.4. The molecule has 3 saturated heterocycles. The Hall–Kier alpha value is -3.14. The Kier molecular flexibility index (Phi) is 10.9. The maximum absolute atomic E-state index is 12.1. The van der Waals surface area contributed by atoms with Gasteiger partial charge in [-0.2, -0.15) is 26.3 Å². The van der Waals surface area contributed by atoms with E-state index in [1.165, 1.54) is 0 Å². The number of alkyl halides is 6. The summed E-state index contributed by atoms with van der Waals surface area (Å²) in [5.74, 6) is -4.48. The molecule has 1 aromatic rings. The number of ether oxygens (including phenoxy) is 2. The van der Waals surface area contributed by atoms with E-state index in [0.29, 0.717) is 17.8 Å². The van der Waals surface area contributed by atoms with Crippen molar-refractivity contribution in [2.75, 3.05) is 33.4 Å². The fourth-order valence-electron chi connectivity index (χ4n) is 4.64. The van der Waals surface area contributed by atoms with Crippen LogP contribution >= 0.6 is 0 Å². The van der Waals surface area contributed by atoms with Crippen molar-refractivity contribution in [3.05, 3.63) is 23.9 Å². The number of hydrogen-bond donors (Lipinski definition) is 2. The van der Waals surface area contributed by atoms with Crippen LogP contribution in [-0.2, 0) is 25.7 Å². The molecule has 2 atom stereocenters. The highest BCUT2D eigenvalue weighted by atomic mass is 19.4. The highest BCUT2D eigenvalue weighted by molar-refractivity contribution is 5.78. The number of methoxy groups -OCH3 is 1. The van der Waals surface area contributed by atoms with Crippen molar-refractivity contribution in [1.82, 2.24) is 14.8 Å². The average Bonchev–Trinajstić information content (AvgIpc) is 3.45. The van der Waals surface area contributed by atoms with Crippen molar-refractivity contribution in [3.8, 4) is 5.88 Å². The highest BCUT2D eigenvalue weighted by Crippen LogP contribution is 2.37. The Morgan fingerprint density at radius 2 is 1.77 bits per heavy atom. The van der Waals surface area contributed by atoms with Gasteiger partial charge in [0, 0.05) is 57.0 Å². The second-order valence-electron chi connectivity index (χ2n) is 9.11. The molecule has 1 spiro atoms. The van der Waals surface area contributed by atoms with Gasteiger partial charge in [0.2, 0.25) is 11.8 Å². The van der Waals surface area contributed by atoms with Crippen LogP contribution in [0.4, 0.5) is 26.3 Å². The van der Waals surface area contributed by atoms with Crippen LogP contribution in [0, 0.1) is 0 Å². The molecule has 0 saturated carbocycles. The van der Waals surface area contributed by atoms with E-state index >= 15 is 0 Å². The Balaban J connectivity index is 0.000000317. The van der Waals surface area contributed by atoms with E-state index in [1.54, 1.807) is 13.3 Å². The van der Waals surface area contributed by atoms with Crippen molar-refractivity contribution in [1.29, 1.82) is 0 Å². The lowest BCUT2D eigenvalue weighted by Gasteiger charge is -2.41. The van der Waals surface area contributed by atoms with E-state index in [2.05, 4.69) is 20.9 Å². The summed E-state index contributed by atoms with van der Waals surface area (Å²) < 4.78 is 75.1. The molecule has 220 valence electrons. The van der Waals surface area contributed by atoms with Gasteiger partial charge in [0.25, 0.3) is 0 Å². The number of nitrogens with zero attached hydrogens (tertiary/aromatic N) is 3. The molecule has 0 unspecified atom stereocenters. The first-order valence-corrected chi connectivity index (χ1v) is 11.8. The van der Waals surface area contributed by atoms with Gasteiger partial charge >= 0.3 is 24.3 Å². The standard InChI is InChI=1S/C19H27N3O3.2C2HF3O2/c1-24-18-15(4-2-8-20-18)13-21-10-7-19(14-21)12-16(6-11-25-19)22-9-3-5-17(22)23;2*3-2(4,5)1(6)7/h2,4,8,16H,3,5-7,9-14H2,1H3;2*(H,6,7)/t16-,19+;;/m0../s1. The molecule has 0 bridgehead atoms. The highest BCUT2D eigenvalue weighted by Gasteiger charge is 2.45. The monoisotopic (exact) mass is 573 g/mol. The first-order chi connectivity index (χ1) is 18.1. The van der Waals surface area contributed by atoms with E-state index in [1.807, 2.05) is 6.07 Å². The zero-order valence-electron chi connectivity index (χ0n) is 20.9. The molecule has 39 heavy (non-hydrogen) atoms. The summed E-state index contributed by atoms with van der Waals surface area (Å²) in [6.07, 6.45) is -3.69. The zero-order valence-corrected chi connectivity index (χ0v) is 20.9. The molecule has 3 aliphatic heterocycles. The van der Waals surface area contributed by atoms with Crippen LogP contribution in [0.3, 0.4) is 0 Å². The Bertz CT molecular complexity index is 983. The van der Waals surface area contributed by atoms with Crippen LogP contribution in [0.2, 0.25) is 0 Å². The smallest absolute Gasteiger partial charge is 0.481 e. The second-order valence-corrected chi connectivity index (χ2v) is 9.11. The second kappa shape index (κ2) is 13.3. The van der Waals surface area contributed by atoms with E-state index in [-0.39, 0.29) is 5.60 Å². The number of pyridine rings is 1. The van der Waals surface area contributed by atoms with Gasteiger partial charge in [0.1, 0.15) is 0 Å². The largest absolute Gasteiger partial charge is 0.490 e. The number of aromatic nitrogens is 1. The van der Waals surface area contributed by atoms with E-state index in [9.17, 15) is 31.1 Å². The molecule has 1 amide bonds. The van der Waals surface area contributed by atoms with Gasteiger partial charge in [-0.15, -0.1) is 0 Å². The summed E-state index contributed by atoms with van der Waals surface area (Å²) in [6, 6.07) is 4.39. The Labute approximate surface area is 219 Å². The lowest BCUT2D eigenvalue weighted by Crippen LogP contribution is -2.50. The maximum atomic E-state index is 12.1. The topological polar surface area (TPSA) is 130 Å². The van der Waals surface area contributed by atoms with Gasteiger partial charge in [-0.25, -0.2) is 14.6 Å². The molecule has 4 rings (SSSR count). The summed E-state index contributed by atoms with van der Waals surface area (Å²) in [4.78, 5) is 38.7. The van der Waals surface area contributed by atoms with Crippen LogP contribution in [0.1, 0.15) is 37.7 Å². The van der Waals surface area contributed by atoms with Gasteiger partial charge < -0.3 is 24.6 Å². The maximum Gasteiger partial charge on any atom is 0.490 e. The number of carboxylic acids is 2. The van der Waals surface area contributed by atoms with Crippen molar-refractivity contribution < 1.29 is 60.4 Å². The number of likely N-dealkylation sites (tertiary alicyclic amines) is 2. The minimum atomic E-state index is -5.08. The first kappa shape index (κ1) is 32.1. The molecule has 0 aliphatic carbocycles. The molecule has 2 N–H and O–H groups in total. The van der Waals surface area contributed by atoms with Crippen molar-refractivity contribution in [3.63, 3.8) is 0 Å². The minimum Gasteiger partial charge on any atom is -0.481 e. The quantitative estimate of drug-likeness (QED) is 0.522.